The summed E-state index contributed by atoms with van der Waals surface area (Å²) in [6.45, 7) is 8.45. The smallest absolute Gasteiger partial charge is 0.141 e. The largest absolute Gasteiger partial charge is 0.299 e. The number of ketones is 1. The molecule has 18 heavy (non-hydrogen) atoms. The molecule has 1 aromatic rings. The number of Topliss-reactive ketones (excluding diaryl/α,β-unsaturated/α-hetero) is 1. The molecule has 1 rings (SSSR count). The van der Waals surface area contributed by atoms with Gasteiger partial charge in [-0.1, -0.05) is 45.4 Å². The Morgan fingerprint density at radius 1 is 1.39 bits per heavy atom. The van der Waals surface area contributed by atoms with Crippen molar-refractivity contribution < 1.29 is 9.18 Å². The normalized spacial score (nSPS) is 13.4. The zero-order valence-corrected chi connectivity index (χ0v) is 12.1. The van der Waals surface area contributed by atoms with E-state index in [2.05, 4.69) is 27.7 Å². The molecule has 0 radical (unpaired) electrons. The predicted octanol–water partition coefficient (Wildman–Crippen LogP) is 4.66. The minimum absolute atomic E-state index is 0.0733. The molecule has 0 saturated carbocycles. The van der Waals surface area contributed by atoms with Crippen LogP contribution in [-0.2, 0) is 11.2 Å². The van der Waals surface area contributed by atoms with E-state index >= 15 is 0 Å². The molecule has 3 heteroatoms. The molecule has 0 bridgehead atoms. The highest BCUT2D eigenvalue weighted by Crippen LogP contribution is 2.28. The van der Waals surface area contributed by atoms with Crippen LogP contribution in [0.3, 0.4) is 0 Å². The first-order valence-corrected chi connectivity index (χ1v) is 6.53. The van der Waals surface area contributed by atoms with Crippen LogP contribution in [-0.4, -0.2) is 5.78 Å². The summed E-state index contributed by atoms with van der Waals surface area (Å²) in [5, 5.41) is 0.0733. The van der Waals surface area contributed by atoms with Gasteiger partial charge in [-0.25, -0.2) is 4.39 Å². The molecule has 0 fully saturated rings. The van der Waals surface area contributed by atoms with Crippen molar-refractivity contribution in [1.82, 2.24) is 0 Å². The summed E-state index contributed by atoms with van der Waals surface area (Å²) in [4.78, 5) is 11.9. The first kappa shape index (κ1) is 15.2. The van der Waals surface area contributed by atoms with Crippen LogP contribution in [0.4, 0.5) is 4.39 Å². The van der Waals surface area contributed by atoms with E-state index in [1.54, 1.807) is 6.07 Å². The van der Waals surface area contributed by atoms with Gasteiger partial charge < -0.3 is 0 Å². The minimum atomic E-state index is -0.448. The fraction of sp³-hybridized carbons (Fsp3) is 0.533. The average Bonchev–Trinajstić information content (AvgIpc) is 2.22. The van der Waals surface area contributed by atoms with Crippen molar-refractivity contribution >= 4 is 17.4 Å². The molecule has 100 valence electrons. The lowest BCUT2D eigenvalue weighted by molar-refractivity contribution is -0.120. The molecule has 1 aromatic carbocycles. The monoisotopic (exact) mass is 270 g/mol. The maximum Gasteiger partial charge on any atom is 0.141 e. The van der Waals surface area contributed by atoms with Crippen molar-refractivity contribution in [2.24, 2.45) is 11.3 Å². The van der Waals surface area contributed by atoms with Crippen molar-refractivity contribution in [1.29, 1.82) is 0 Å². The second-order valence-electron chi connectivity index (χ2n) is 5.94. The van der Waals surface area contributed by atoms with Crippen molar-refractivity contribution in [2.45, 2.75) is 40.5 Å². The number of hydrogen-bond acceptors (Lipinski definition) is 1. The maximum atomic E-state index is 13.0. The Bertz CT molecular complexity index is 435. The first-order chi connectivity index (χ1) is 8.20. The van der Waals surface area contributed by atoms with Crippen molar-refractivity contribution in [3.05, 3.63) is 34.6 Å². The summed E-state index contributed by atoms with van der Waals surface area (Å²) in [6, 6.07) is 4.44. The molecule has 0 heterocycles. The van der Waals surface area contributed by atoms with Gasteiger partial charge in [0.2, 0.25) is 0 Å². The van der Waals surface area contributed by atoms with E-state index < -0.39 is 5.82 Å². The molecule has 0 saturated heterocycles. The Balaban J connectivity index is 2.62. The van der Waals surface area contributed by atoms with Gasteiger partial charge in [-0.2, -0.15) is 0 Å². The van der Waals surface area contributed by atoms with Crippen molar-refractivity contribution in [3.8, 4) is 0 Å². The van der Waals surface area contributed by atoms with Crippen LogP contribution in [0.25, 0.3) is 0 Å². The summed E-state index contributed by atoms with van der Waals surface area (Å²) in [5.41, 5.74) is 0.892. The van der Waals surface area contributed by atoms with E-state index in [0.717, 1.165) is 5.56 Å². The number of halogens is 2. The van der Waals surface area contributed by atoms with Gasteiger partial charge in [0, 0.05) is 12.8 Å². The van der Waals surface area contributed by atoms with Crippen LogP contribution in [0, 0.1) is 17.2 Å². The Morgan fingerprint density at radius 2 is 2.00 bits per heavy atom. The van der Waals surface area contributed by atoms with Crippen LogP contribution < -0.4 is 0 Å². The van der Waals surface area contributed by atoms with Crippen LogP contribution in [0.2, 0.25) is 5.02 Å². The topological polar surface area (TPSA) is 17.1 Å². The lowest BCUT2D eigenvalue weighted by Gasteiger charge is -2.26. The SMILES string of the molecule is CC(CC(=O)Cc1ccc(F)c(Cl)c1)C(C)(C)C. The zero-order valence-electron chi connectivity index (χ0n) is 11.4. The summed E-state index contributed by atoms with van der Waals surface area (Å²) in [6.07, 6.45) is 0.860. The van der Waals surface area contributed by atoms with Crippen LogP contribution in [0.5, 0.6) is 0 Å². The second kappa shape index (κ2) is 5.83. The third kappa shape index (κ3) is 4.41. The minimum Gasteiger partial charge on any atom is -0.299 e. The van der Waals surface area contributed by atoms with Crippen LogP contribution in [0.1, 0.15) is 39.7 Å². The molecule has 0 aliphatic heterocycles. The van der Waals surface area contributed by atoms with Crippen molar-refractivity contribution in [3.63, 3.8) is 0 Å². The highest BCUT2D eigenvalue weighted by atomic mass is 35.5. The summed E-state index contributed by atoms with van der Waals surface area (Å²) in [5.74, 6) is 0.0388. The number of carbonyl (C=O) groups is 1. The summed E-state index contributed by atoms with van der Waals surface area (Å²) < 4.78 is 13.0. The Hall–Kier alpha value is -0.890. The summed E-state index contributed by atoms with van der Waals surface area (Å²) >= 11 is 5.69. The Labute approximate surface area is 113 Å². The van der Waals surface area contributed by atoms with Gasteiger partial charge in [0.15, 0.2) is 0 Å². The summed E-state index contributed by atoms with van der Waals surface area (Å²) in [7, 11) is 0. The van der Waals surface area contributed by atoms with E-state index in [0.29, 0.717) is 18.8 Å². The molecule has 0 amide bonds. The fourth-order valence-electron chi connectivity index (χ4n) is 1.60. The fourth-order valence-corrected chi connectivity index (χ4v) is 1.80. The van der Waals surface area contributed by atoms with Gasteiger partial charge in [0.05, 0.1) is 5.02 Å². The molecule has 0 aromatic heterocycles. The van der Waals surface area contributed by atoms with Gasteiger partial charge in [0.1, 0.15) is 11.6 Å². The molecule has 0 N–H and O–H groups in total. The standard InChI is InChI=1S/C15H20ClFO/c1-10(15(2,3)4)7-12(18)8-11-5-6-14(17)13(16)9-11/h5-6,9-10H,7-8H2,1-4H3. The van der Waals surface area contributed by atoms with Gasteiger partial charge >= 0.3 is 0 Å². The molecular weight excluding hydrogens is 251 g/mol. The molecule has 1 atom stereocenters. The molecule has 0 spiro atoms. The number of rotatable bonds is 4. The van der Waals surface area contributed by atoms with Crippen molar-refractivity contribution in [2.75, 3.05) is 0 Å². The van der Waals surface area contributed by atoms with Gasteiger partial charge in [-0.3, -0.25) is 4.79 Å². The van der Waals surface area contributed by atoms with Gasteiger partial charge in [-0.05, 0) is 29.0 Å². The van der Waals surface area contributed by atoms with Gasteiger partial charge in [0.25, 0.3) is 0 Å². The van der Waals surface area contributed by atoms with E-state index in [-0.39, 0.29) is 16.2 Å². The molecule has 0 aliphatic carbocycles. The first-order valence-electron chi connectivity index (χ1n) is 6.16. The number of benzene rings is 1. The van der Waals surface area contributed by atoms with E-state index in [1.165, 1.54) is 12.1 Å². The quantitative estimate of drug-likeness (QED) is 0.777. The third-order valence-corrected chi connectivity index (χ3v) is 3.69. The molecular formula is C15H20ClFO. The highest BCUT2D eigenvalue weighted by molar-refractivity contribution is 6.30. The van der Waals surface area contributed by atoms with Crippen LogP contribution >= 0.6 is 11.6 Å². The Kier molecular flexibility index (Phi) is 4.92. The maximum absolute atomic E-state index is 13.0. The van der Waals surface area contributed by atoms with E-state index in [1.807, 2.05) is 0 Å². The lowest BCUT2D eigenvalue weighted by atomic mass is 9.79. The second-order valence-corrected chi connectivity index (χ2v) is 6.34. The highest BCUT2D eigenvalue weighted by Gasteiger charge is 2.22. The lowest BCUT2D eigenvalue weighted by Crippen LogP contribution is -2.21. The van der Waals surface area contributed by atoms with E-state index in [4.69, 9.17) is 11.6 Å². The predicted molar refractivity (Wildman–Crippen MR) is 73.4 cm³/mol. The zero-order chi connectivity index (χ0) is 13.9. The van der Waals surface area contributed by atoms with Gasteiger partial charge in [-0.15, -0.1) is 0 Å². The van der Waals surface area contributed by atoms with E-state index in [9.17, 15) is 9.18 Å². The average molecular weight is 271 g/mol. The molecule has 1 unspecified atom stereocenters. The third-order valence-electron chi connectivity index (χ3n) is 3.40. The Morgan fingerprint density at radius 3 is 2.50 bits per heavy atom. The number of hydrogen-bond donors (Lipinski definition) is 0. The molecule has 0 aliphatic rings. The van der Waals surface area contributed by atoms with Crippen LogP contribution in [0.15, 0.2) is 18.2 Å². The molecule has 1 nitrogen and oxygen atoms in total. The number of carbonyl (C=O) groups excluding carboxylic acids is 1.